The summed E-state index contributed by atoms with van der Waals surface area (Å²) in [4.78, 5) is 30.9. The Balaban J connectivity index is 1.79. The minimum atomic E-state index is -0.314. The molecule has 2 aromatic carbocycles. The molecule has 0 aliphatic rings. The lowest BCUT2D eigenvalue weighted by Gasteiger charge is -2.31. The Morgan fingerprint density at radius 3 is 2.33 bits per heavy atom. The van der Waals surface area contributed by atoms with Crippen molar-refractivity contribution >= 4 is 29.0 Å². The van der Waals surface area contributed by atoms with Gasteiger partial charge in [0.05, 0.1) is 6.54 Å². The quantitative estimate of drug-likeness (QED) is 0.416. The molecule has 0 aliphatic carbocycles. The maximum atomic E-state index is 13.5. The number of aryl methyl sites for hydroxylation is 1. The lowest BCUT2D eigenvalue weighted by atomic mass is 10.2. The Morgan fingerprint density at radius 2 is 1.73 bits per heavy atom. The van der Waals surface area contributed by atoms with Crippen LogP contribution in [-0.4, -0.2) is 34.3 Å². The van der Waals surface area contributed by atoms with E-state index in [1.807, 2.05) is 62.5 Å². The van der Waals surface area contributed by atoms with Gasteiger partial charge in [-0.2, -0.15) is 0 Å². The fourth-order valence-corrected chi connectivity index (χ4v) is 4.31. The van der Waals surface area contributed by atoms with Gasteiger partial charge in [-0.3, -0.25) is 4.79 Å². The molecule has 0 fully saturated rings. The minimum Gasteiger partial charge on any atom is -0.332 e. The van der Waals surface area contributed by atoms with E-state index in [0.29, 0.717) is 18.8 Å². The first kappa shape index (κ1) is 24.5. The van der Waals surface area contributed by atoms with Crippen molar-refractivity contribution in [2.24, 2.45) is 0 Å². The summed E-state index contributed by atoms with van der Waals surface area (Å²) in [6.07, 6.45) is 0.720. The van der Waals surface area contributed by atoms with Crippen LogP contribution in [-0.2, 0) is 17.9 Å². The zero-order valence-electron chi connectivity index (χ0n) is 19.3. The largest absolute Gasteiger partial charge is 0.332 e. The van der Waals surface area contributed by atoms with Crippen molar-refractivity contribution in [3.63, 3.8) is 0 Å². The van der Waals surface area contributed by atoms with E-state index in [4.69, 9.17) is 0 Å². The number of hydrogen-bond acceptors (Lipinski definition) is 3. The number of urea groups is 1. The van der Waals surface area contributed by atoms with Gasteiger partial charge in [-0.15, -0.1) is 11.3 Å². The van der Waals surface area contributed by atoms with Crippen LogP contribution in [0.3, 0.4) is 0 Å². The molecule has 5 nitrogen and oxygen atoms in total. The van der Waals surface area contributed by atoms with Crippen molar-refractivity contribution in [2.75, 3.05) is 11.9 Å². The van der Waals surface area contributed by atoms with E-state index in [0.717, 1.165) is 22.4 Å². The van der Waals surface area contributed by atoms with E-state index in [1.54, 1.807) is 33.3 Å². The summed E-state index contributed by atoms with van der Waals surface area (Å²) in [5, 5.41) is 4.89. The molecule has 1 aromatic heterocycles. The molecular formula is C26H30FN3O2S. The van der Waals surface area contributed by atoms with Gasteiger partial charge in [0.1, 0.15) is 12.4 Å². The topological polar surface area (TPSA) is 52.7 Å². The van der Waals surface area contributed by atoms with Gasteiger partial charge in [0.15, 0.2) is 0 Å². The van der Waals surface area contributed by atoms with Gasteiger partial charge in [0.2, 0.25) is 5.91 Å². The standard InChI is InChI=1S/C26H30FN3O2S/c1-4-20(3)30(26(32)28-23-8-6-5-7-9-23)18-25(31)29(17-24-19(2)14-15-33-24)16-21-10-12-22(27)13-11-21/h5-15,20H,4,16-18H2,1-3H3,(H,28,32). The molecule has 1 atom stereocenters. The summed E-state index contributed by atoms with van der Waals surface area (Å²) < 4.78 is 13.4. The highest BCUT2D eigenvalue weighted by molar-refractivity contribution is 7.10. The van der Waals surface area contributed by atoms with Crippen LogP contribution in [0.4, 0.5) is 14.9 Å². The number of para-hydroxylation sites is 1. The van der Waals surface area contributed by atoms with Crippen molar-refractivity contribution in [3.8, 4) is 0 Å². The zero-order chi connectivity index (χ0) is 23.8. The first-order chi connectivity index (χ1) is 15.9. The van der Waals surface area contributed by atoms with Gasteiger partial charge in [0.25, 0.3) is 0 Å². The van der Waals surface area contributed by atoms with Gasteiger partial charge in [-0.05, 0) is 67.1 Å². The van der Waals surface area contributed by atoms with E-state index in [2.05, 4.69) is 5.32 Å². The van der Waals surface area contributed by atoms with E-state index in [1.165, 1.54) is 12.1 Å². The van der Waals surface area contributed by atoms with Crippen LogP contribution in [0.5, 0.6) is 0 Å². The third kappa shape index (κ3) is 6.89. The molecule has 0 radical (unpaired) electrons. The zero-order valence-corrected chi connectivity index (χ0v) is 20.1. The summed E-state index contributed by atoms with van der Waals surface area (Å²) in [5.74, 6) is -0.470. The van der Waals surface area contributed by atoms with Gasteiger partial charge >= 0.3 is 6.03 Å². The Bertz CT molecular complexity index is 1050. The monoisotopic (exact) mass is 467 g/mol. The highest BCUT2D eigenvalue weighted by Crippen LogP contribution is 2.20. The molecule has 3 rings (SSSR count). The van der Waals surface area contributed by atoms with Gasteiger partial charge in [-0.25, -0.2) is 9.18 Å². The molecule has 1 unspecified atom stereocenters. The Hall–Kier alpha value is -3.19. The number of amides is 3. The fraction of sp³-hybridized carbons (Fsp3) is 0.308. The Labute approximate surface area is 198 Å². The molecule has 1 N–H and O–H groups in total. The summed E-state index contributed by atoms with van der Waals surface area (Å²) in [5.41, 5.74) is 2.64. The number of anilines is 1. The molecule has 3 amide bonds. The average Bonchev–Trinajstić information content (AvgIpc) is 3.22. The highest BCUT2D eigenvalue weighted by atomic mass is 32.1. The normalized spacial score (nSPS) is 11.6. The SMILES string of the molecule is CCC(C)N(CC(=O)N(Cc1ccc(F)cc1)Cc1sccc1C)C(=O)Nc1ccccc1. The number of carbonyl (C=O) groups is 2. The van der Waals surface area contributed by atoms with Crippen LogP contribution >= 0.6 is 11.3 Å². The van der Waals surface area contributed by atoms with Crippen molar-refractivity contribution in [1.82, 2.24) is 9.80 Å². The molecule has 33 heavy (non-hydrogen) atoms. The van der Waals surface area contributed by atoms with Crippen LogP contribution in [0.25, 0.3) is 0 Å². The lowest BCUT2D eigenvalue weighted by molar-refractivity contribution is -0.133. The maximum absolute atomic E-state index is 13.5. The molecule has 0 saturated heterocycles. The summed E-state index contributed by atoms with van der Waals surface area (Å²) in [6.45, 7) is 6.68. The van der Waals surface area contributed by atoms with Crippen LogP contribution < -0.4 is 5.32 Å². The Kier molecular flexibility index (Phi) is 8.60. The second kappa shape index (κ2) is 11.6. The lowest BCUT2D eigenvalue weighted by Crippen LogP contribution is -2.47. The second-order valence-electron chi connectivity index (χ2n) is 8.08. The number of nitrogens with zero attached hydrogens (tertiary/aromatic N) is 2. The van der Waals surface area contributed by atoms with Crippen molar-refractivity contribution in [2.45, 2.75) is 46.3 Å². The highest BCUT2D eigenvalue weighted by Gasteiger charge is 2.25. The molecule has 0 spiro atoms. The number of thiophene rings is 1. The summed E-state index contributed by atoms with van der Waals surface area (Å²) >= 11 is 1.60. The average molecular weight is 468 g/mol. The van der Waals surface area contributed by atoms with E-state index in [-0.39, 0.29) is 30.3 Å². The van der Waals surface area contributed by atoms with Gasteiger partial charge < -0.3 is 15.1 Å². The smallest absolute Gasteiger partial charge is 0.322 e. The predicted molar refractivity (Wildman–Crippen MR) is 132 cm³/mol. The van der Waals surface area contributed by atoms with Crippen molar-refractivity contribution in [1.29, 1.82) is 0 Å². The first-order valence-electron chi connectivity index (χ1n) is 11.0. The summed E-state index contributed by atoms with van der Waals surface area (Å²) in [7, 11) is 0. The molecule has 3 aromatic rings. The molecule has 7 heteroatoms. The van der Waals surface area contributed by atoms with Crippen molar-refractivity contribution < 1.29 is 14.0 Å². The number of rotatable bonds is 9. The minimum absolute atomic E-state index is 0.0424. The molecule has 0 aliphatic heterocycles. The van der Waals surface area contributed by atoms with Crippen molar-refractivity contribution in [3.05, 3.63) is 87.9 Å². The van der Waals surface area contributed by atoms with Crippen LogP contribution in [0.2, 0.25) is 0 Å². The Morgan fingerprint density at radius 1 is 1.03 bits per heavy atom. The fourth-order valence-electron chi connectivity index (χ4n) is 3.39. The van der Waals surface area contributed by atoms with Crippen LogP contribution in [0.1, 0.15) is 36.3 Å². The molecule has 0 saturated carbocycles. The summed E-state index contributed by atoms with van der Waals surface area (Å²) in [6, 6.07) is 17.0. The molecule has 174 valence electrons. The third-order valence-corrected chi connectivity index (χ3v) is 6.66. The number of benzene rings is 2. The van der Waals surface area contributed by atoms with Gasteiger partial charge in [-0.1, -0.05) is 37.3 Å². The first-order valence-corrected chi connectivity index (χ1v) is 11.9. The molecule has 1 heterocycles. The molecular weight excluding hydrogens is 437 g/mol. The van der Waals surface area contributed by atoms with Crippen LogP contribution in [0, 0.1) is 12.7 Å². The maximum Gasteiger partial charge on any atom is 0.322 e. The van der Waals surface area contributed by atoms with Gasteiger partial charge in [0, 0.05) is 23.2 Å². The van der Waals surface area contributed by atoms with E-state index >= 15 is 0 Å². The van der Waals surface area contributed by atoms with Crippen LogP contribution in [0.15, 0.2) is 66.0 Å². The molecule has 0 bridgehead atoms. The number of nitrogens with one attached hydrogen (secondary N) is 1. The number of carbonyl (C=O) groups excluding carboxylic acids is 2. The van der Waals surface area contributed by atoms with E-state index in [9.17, 15) is 14.0 Å². The number of hydrogen-bond donors (Lipinski definition) is 1. The third-order valence-electron chi connectivity index (χ3n) is 5.66. The second-order valence-corrected chi connectivity index (χ2v) is 9.09. The van der Waals surface area contributed by atoms with E-state index < -0.39 is 0 Å². The predicted octanol–water partition coefficient (Wildman–Crippen LogP) is 6.06. The number of halogens is 1.